The third-order valence-corrected chi connectivity index (χ3v) is 3.41. The molecule has 0 bridgehead atoms. The summed E-state index contributed by atoms with van der Waals surface area (Å²) in [4.78, 5) is 10.1. The average Bonchev–Trinajstić information content (AvgIpc) is 2.20. The van der Waals surface area contributed by atoms with Crippen molar-refractivity contribution in [2.45, 2.75) is 25.4 Å². The van der Waals surface area contributed by atoms with Crippen LogP contribution in [-0.2, 0) is 0 Å². The normalized spacial score (nSPS) is 25.9. The van der Waals surface area contributed by atoms with Crippen molar-refractivity contribution in [3.05, 3.63) is 16.0 Å². The molecule has 0 saturated carbocycles. The van der Waals surface area contributed by atoms with Crippen molar-refractivity contribution in [3.8, 4) is 0 Å². The van der Waals surface area contributed by atoms with Gasteiger partial charge in [0.2, 0.25) is 5.28 Å². The SMILES string of the molecule is CC1(O)CCCN(c2nc(Cl)ncc2Br)C1. The Labute approximate surface area is 108 Å². The maximum Gasteiger partial charge on any atom is 0.224 e. The number of piperidine rings is 1. The third-order valence-electron chi connectivity index (χ3n) is 2.67. The van der Waals surface area contributed by atoms with Gasteiger partial charge in [0, 0.05) is 19.3 Å². The van der Waals surface area contributed by atoms with Crippen LogP contribution in [0.3, 0.4) is 0 Å². The van der Waals surface area contributed by atoms with Crippen LogP contribution in [-0.4, -0.2) is 33.8 Å². The summed E-state index contributed by atoms with van der Waals surface area (Å²) in [5.74, 6) is 0.750. The summed E-state index contributed by atoms with van der Waals surface area (Å²) >= 11 is 9.17. The lowest BCUT2D eigenvalue weighted by molar-refractivity contribution is 0.0446. The summed E-state index contributed by atoms with van der Waals surface area (Å²) in [6.45, 7) is 3.29. The van der Waals surface area contributed by atoms with Gasteiger partial charge < -0.3 is 10.0 Å². The van der Waals surface area contributed by atoms with E-state index in [-0.39, 0.29) is 5.28 Å². The van der Waals surface area contributed by atoms with E-state index in [1.807, 2.05) is 11.8 Å². The van der Waals surface area contributed by atoms with E-state index in [4.69, 9.17) is 11.6 Å². The van der Waals surface area contributed by atoms with Gasteiger partial charge in [-0.3, -0.25) is 0 Å². The standard InChI is InChI=1S/C10H13BrClN3O/c1-10(16)3-2-4-15(6-10)8-7(11)5-13-9(12)14-8/h5,16H,2-4,6H2,1H3. The molecule has 1 saturated heterocycles. The summed E-state index contributed by atoms with van der Waals surface area (Å²) < 4.78 is 0.801. The molecule has 1 aromatic heterocycles. The lowest BCUT2D eigenvalue weighted by Gasteiger charge is -2.37. The van der Waals surface area contributed by atoms with Crippen LogP contribution in [0.2, 0.25) is 5.28 Å². The highest BCUT2D eigenvalue weighted by molar-refractivity contribution is 9.10. The highest BCUT2D eigenvalue weighted by Crippen LogP contribution is 2.29. The molecule has 2 rings (SSSR count). The summed E-state index contributed by atoms with van der Waals surface area (Å²) in [5.41, 5.74) is -0.658. The molecular weight excluding hydrogens is 293 g/mol. The fourth-order valence-electron chi connectivity index (χ4n) is 1.96. The number of nitrogens with zero attached hydrogens (tertiary/aromatic N) is 3. The summed E-state index contributed by atoms with van der Waals surface area (Å²) in [6, 6.07) is 0. The van der Waals surface area contributed by atoms with Crippen LogP contribution in [0.1, 0.15) is 19.8 Å². The predicted octanol–water partition coefficient (Wildman–Crippen LogP) is 2.24. The number of hydrogen-bond donors (Lipinski definition) is 1. The molecule has 1 N–H and O–H groups in total. The molecule has 2 heterocycles. The minimum Gasteiger partial charge on any atom is -0.388 e. The second-order valence-corrected chi connectivity index (χ2v) is 5.53. The average molecular weight is 307 g/mol. The number of aliphatic hydroxyl groups is 1. The first-order valence-corrected chi connectivity index (χ1v) is 6.30. The number of anilines is 1. The van der Waals surface area contributed by atoms with E-state index in [9.17, 15) is 5.11 Å². The van der Waals surface area contributed by atoms with E-state index in [1.54, 1.807) is 6.20 Å². The molecule has 1 atom stereocenters. The first-order chi connectivity index (χ1) is 7.48. The van der Waals surface area contributed by atoms with Gasteiger partial charge in [-0.2, -0.15) is 4.98 Å². The van der Waals surface area contributed by atoms with Crippen molar-refractivity contribution in [2.24, 2.45) is 0 Å². The van der Waals surface area contributed by atoms with E-state index < -0.39 is 5.60 Å². The third kappa shape index (κ3) is 2.64. The smallest absolute Gasteiger partial charge is 0.224 e. The van der Waals surface area contributed by atoms with Crippen LogP contribution in [0.4, 0.5) is 5.82 Å². The van der Waals surface area contributed by atoms with Gasteiger partial charge in [0.25, 0.3) is 0 Å². The molecule has 16 heavy (non-hydrogen) atoms. The quantitative estimate of drug-likeness (QED) is 0.809. The van der Waals surface area contributed by atoms with E-state index in [0.717, 1.165) is 29.7 Å². The zero-order chi connectivity index (χ0) is 11.8. The molecule has 0 amide bonds. The maximum atomic E-state index is 10.0. The van der Waals surface area contributed by atoms with Gasteiger partial charge in [0.1, 0.15) is 5.82 Å². The summed E-state index contributed by atoms with van der Waals surface area (Å²) in [5, 5.41) is 10.3. The van der Waals surface area contributed by atoms with Gasteiger partial charge >= 0.3 is 0 Å². The Bertz CT molecular complexity index is 400. The van der Waals surface area contributed by atoms with Crippen molar-refractivity contribution in [2.75, 3.05) is 18.0 Å². The Hall–Kier alpha value is -0.390. The summed E-state index contributed by atoms with van der Waals surface area (Å²) in [6.07, 6.45) is 3.40. The van der Waals surface area contributed by atoms with Crippen LogP contribution >= 0.6 is 27.5 Å². The zero-order valence-corrected chi connectivity index (χ0v) is 11.3. The van der Waals surface area contributed by atoms with E-state index in [2.05, 4.69) is 25.9 Å². The first kappa shape index (κ1) is 12.1. The number of β-amino-alcohol motifs (C(OH)–C–C–N with tert-alkyl or cyclic N) is 1. The molecule has 0 radical (unpaired) electrons. The molecule has 0 spiro atoms. The van der Waals surface area contributed by atoms with Gasteiger partial charge in [-0.25, -0.2) is 4.98 Å². The molecule has 0 aliphatic carbocycles. The van der Waals surface area contributed by atoms with Crippen molar-refractivity contribution in [3.63, 3.8) is 0 Å². The van der Waals surface area contributed by atoms with Gasteiger partial charge in [-0.1, -0.05) is 0 Å². The largest absolute Gasteiger partial charge is 0.388 e. The second kappa shape index (κ2) is 4.47. The van der Waals surface area contributed by atoms with Gasteiger partial charge in [0.05, 0.1) is 10.1 Å². The number of hydrogen-bond acceptors (Lipinski definition) is 4. The molecular formula is C10H13BrClN3O. The van der Waals surface area contributed by atoms with E-state index in [0.29, 0.717) is 6.54 Å². The van der Waals surface area contributed by atoms with Crippen LogP contribution < -0.4 is 4.90 Å². The number of rotatable bonds is 1. The van der Waals surface area contributed by atoms with Crippen molar-refractivity contribution in [1.29, 1.82) is 0 Å². The Morgan fingerprint density at radius 3 is 3.06 bits per heavy atom. The molecule has 1 aromatic rings. The van der Waals surface area contributed by atoms with E-state index >= 15 is 0 Å². The van der Waals surface area contributed by atoms with Crippen LogP contribution in [0.5, 0.6) is 0 Å². The first-order valence-electron chi connectivity index (χ1n) is 5.13. The monoisotopic (exact) mass is 305 g/mol. The minimum absolute atomic E-state index is 0.225. The van der Waals surface area contributed by atoms with E-state index in [1.165, 1.54) is 0 Å². The second-order valence-electron chi connectivity index (χ2n) is 4.33. The van der Waals surface area contributed by atoms with Crippen LogP contribution in [0, 0.1) is 0 Å². The predicted molar refractivity (Wildman–Crippen MR) is 66.8 cm³/mol. The Morgan fingerprint density at radius 1 is 1.62 bits per heavy atom. The number of aromatic nitrogens is 2. The Balaban J connectivity index is 2.26. The van der Waals surface area contributed by atoms with Crippen LogP contribution in [0.15, 0.2) is 10.7 Å². The molecule has 88 valence electrons. The highest BCUT2D eigenvalue weighted by atomic mass is 79.9. The van der Waals surface area contributed by atoms with Crippen LogP contribution in [0.25, 0.3) is 0 Å². The molecule has 1 aliphatic rings. The Kier molecular flexibility index (Phi) is 3.37. The fraction of sp³-hybridized carbons (Fsp3) is 0.600. The lowest BCUT2D eigenvalue weighted by Crippen LogP contribution is -2.46. The molecule has 1 aliphatic heterocycles. The van der Waals surface area contributed by atoms with Gasteiger partial charge in [0.15, 0.2) is 0 Å². The van der Waals surface area contributed by atoms with Gasteiger partial charge in [-0.15, -0.1) is 0 Å². The lowest BCUT2D eigenvalue weighted by atomic mass is 9.95. The highest BCUT2D eigenvalue weighted by Gasteiger charge is 2.30. The topological polar surface area (TPSA) is 49.2 Å². The molecule has 0 aromatic carbocycles. The zero-order valence-electron chi connectivity index (χ0n) is 8.95. The summed E-state index contributed by atoms with van der Waals surface area (Å²) in [7, 11) is 0. The fourth-order valence-corrected chi connectivity index (χ4v) is 2.53. The van der Waals surface area contributed by atoms with Crippen molar-refractivity contribution in [1.82, 2.24) is 9.97 Å². The van der Waals surface area contributed by atoms with Gasteiger partial charge in [-0.05, 0) is 47.3 Å². The minimum atomic E-state index is -0.658. The molecule has 1 fully saturated rings. The molecule has 1 unspecified atom stereocenters. The Morgan fingerprint density at radius 2 is 2.38 bits per heavy atom. The van der Waals surface area contributed by atoms with Crippen molar-refractivity contribution < 1.29 is 5.11 Å². The number of halogens is 2. The maximum absolute atomic E-state index is 10.0. The van der Waals surface area contributed by atoms with Crippen molar-refractivity contribution >= 4 is 33.3 Å². The molecule has 6 heteroatoms. The molecule has 4 nitrogen and oxygen atoms in total.